The number of hydrogen-bond donors (Lipinski definition) is 0. The van der Waals surface area contributed by atoms with Crippen LogP contribution in [0.1, 0.15) is 44.2 Å². The van der Waals surface area contributed by atoms with Crippen molar-refractivity contribution in [2.24, 2.45) is 0 Å². The molecule has 1 aromatic rings. The van der Waals surface area contributed by atoms with Gasteiger partial charge in [0.25, 0.3) is 0 Å². The molecule has 1 aliphatic carbocycles. The summed E-state index contributed by atoms with van der Waals surface area (Å²) >= 11 is 0. The molecule has 3 rings (SSSR count). The number of nitrogens with zero attached hydrogens (tertiary/aromatic N) is 1. The molecule has 0 radical (unpaired) electrons. The minimum absolute atomic E-state index is 0.500. The Balaban J connectivity index is 1.86. The SMILES string of the molecule is CCC(C)N1CCC2(CCc3ccccc32)C1. The van der Waals surface area contributed by atoms with E-state index in [9.17, 15) is 0 Å². The Labute approximate surface area is 105 Å². The van der Waals surface area contributed by atoms with Gasteiger partial charge in [-0.05, 0) is 50.3 Å². The molecule has 1 aromatic carbocycles. The molecular weight excluding hydrogens is 206 g/mol. The summed E-state index contributed by atoms with van der Waals surface area (Å²) in [5, 5.41) is 0. The van der Waals surface area contributed by atoms with Gasteiger partial charge in [-0.2, -0.15) is 0 Å². The van der Waals surface area contributed by atoms with Crippen LogP contribution in [0.3, 0.4) is 0 Å². The Kier molecular flexibility index (Phi) is 2.74. The molecule has 0 bridgehead atoms. The van der Waals surface area contributed by atoms with E-state index in [1.54, 1.807) is 11.1 Å². The number of rotatable bonds is 2. The van der Waals surface area contributed by atoms with Gasteiger partial charge in [-0.1, -0.05) is 31.2 Å². The predicted octanol–water partition coefficient (Wildman–Crippen LogP) is 3.37. The van der Waals surface area contributed by atoms with Crippen LogP contribution in [0.2, 0.25) is 0 Å². The molecule has 1 heteroatoms. The van der Waals surface area contributed by atoms with E-state index in [1.165, 1.54) is 38.8 Å². The number of likely N-dealkylation sites (tertiary alicyclic amines) is 1. The molecule has 1 nitrogen and oxygen atoms in total. The molecule has 0 N–H and O–H groups in total. The molecule has 2 aliphatic rings. The highest BCUT2D eigenvalue weighted by molar-refractivity contribution is 5.40. The fourth-order valence-corrected chi connectivity index (χ4v) is 3.73. The summed E-state index contributed by atoms with van der Waals surface area (Å²) in [5.74, 6) is 0. The maximum atomic E-state index is 2.70. The highest BCUT2D eigenvalue weighted by Gasteiger charge is 2.44. The molecule has 0 aromatic heterocycles. The molecule has 1 saturated heterocycles. The third-order valence-corrected chi connectivity index (χ3v) is 5.06. The Hall–Kier alpha value is -0.820. The molecular formula is C16H23N. The van der Waals surface area contributed by atoms with E-state index in [1.807, 2.05) is 0 Å². The van der Waals surface area contributed by atoms with E-state index in [0.29, 0.717) is 5.41 Å². The van der Waals surface area contributed by atoms with Crippen LogP contribution in [0.4, 0.5) is 0 Å². The summed E-state index contributed by atoms with van der Waals surface area (Å²) in [5.41, 5.74) is 3.77. The second-order valence-electron chi connectivity index (χ2n) is 5.92. The number of benzene rings is 1. The Bertz CT molecular complexity index is 412. The van der Waals surface area contributed by atoms with Crippen molar-refractivity contribution in [3.8, 4) is 0 Å². The highest BCUT2D eigenvalue weighted by atomic mass is 15.2. The smallest absolute Gasteiger partial charge is 0.00984 e. The van der Waals surface area contributed by atoms with E-state index in [-0.39, 0.29) is 0 Å². The second kappa shape index (κ2) is 4.13. The Morgan fingerprint density at radius 1 is 1.29 bits per heavy atom. The lowest BCUT2D eigenvalue weighted by Crippen LogP contribution is -2.34. The Morgan fingerprint density at radius 3 is 2.94 bits per heavy atom. The van der Waals surface area contributed by atoms with Crippen molar-refractivity contribution in [2.45, 2.75) is 51.0 Å². The van der Waals surface area contributed by atoms with Crippen molar-refractivity contribution in [2.75, 3.05) is 13.1 Å². The van der Waals surface area contributed by atoms with Gasteiger partial charge in [0.15, 0.2) is 0 Å². The van der Waals surface area contributed by atoms with Crippen molar-refractivity contribution >= 4 is 0 Å². The maximum Gasteiger partial charge on any atom is 0.00984 e. The average molecular weight is 229 g/mol. The first-order chi connectivity index (χ1) is 8.25. The minimum atomic E-state index is 0.500. The van der Waals surface area contributed by atoms with Crippen molar-refractivity contribution < 1.29 is 0 Å². The van der Waals surface area contributed by atoms with Gasteiger partial charge in [0, 0.05) is 18.0 Å². The number of aryl methyl sites for hydroxylation is 1. The first-order valence-electron chi connectivity index (χ1n) is 7.07. The summed E-state index contributed by atoms with van der Waals surface area (Å²) in [6.07, 6.45) is 5.32. The quantitative estimate of drug-likeness (QED) is 0.751. The monoisotopic (exact) mass is 229 g/mol. The van der Waals surface area contributed by atoms with Crippen LogP contribution in [0, 0.1) is 0 Å². The van der Waals surface area contributed by atoms with Crippen LogP contribution in [0.5, 0.6) is 0 Å². The summed E-state index contributed by atoms with van der Waals surface area (Å²) < 4.78 is 0. The standard InChI is InChI=1S/C16H23N/c1-3-13(2)17-11-10-16(12-17)9-8-14-6-4-5-7-15(14)16/h4-7,13H,3,8-12H2,1-2H3. The molecule has 0 amide bonds. The topological polar surface area (TPSA) is 3.24 Å². The fraction of sp³-hybridized carbons (Fsp3) is 0.625. The minimum Gasteiger partial charge on any atom is -0.300 e. The predicted molar refractivity (Wildman–Crippen MR) is 72.4 cm³/mol. The normalized spacial score (nSPS) is 29.8. The van der Waals surface area contributed by atoms with E-state index in [0.717, 1.165) is 6.04 Å². The van der Waals surface area contributed by atoms with Gasteiger partial charge in [0.2, 0.25) is 0 Å². The fourth-order valence-electron chi connectivity index (χ4n) is 3.73. The maximum absolute atomic E-state index is 2.70. The molecule has 1 spiro atoms. The van der Waals surface area contributed by atoms with Crippen molar-refractivity contribution in [3.63, 3.8) is 0 Å². The van der Waals surface area contributed by atoms with Crippen LogP contribution in [0.15, 0.2) is 24.3 Å². The highest BCUT2D eigenvalue weighted by Crippen LogP contribution is 2.45. The van der Waals surface area contributed by atoms with Crippen molar-refractivity contribution in [1.82, 2.24) is 4.90 Å². The van der Waals surface area contributed by atoms with Gasteiger partial charge >= 0.3 is 0 Å². The van der Waals surface area contributed by atoms with Gasteiger partial charge in [-0.25, -0.2) is 0 Å². The van der Waals surface area contributed by atoms with Crippen molar-refractivity contribution in [3.05, 3.63) is 35.4 Å². The van der Waals surface area contributed by atoms with Crippen LogP contribution < -0.4 is 0 Å². The van der Waals surface area contributed by atoms with Gasteiger partial charge in [-0.15, -0.1) is 0 Å². The average Bonchev–Trinajstić information content (AvgIpc) is 2.96. The summed E-state index contributed by atoms with van der Waals surface area (Å²) in [4.78, 5) is 2.70. The van der Waals surface area contributed by atoms with Crippen molar-refractivity contribution in [1.29, 1.82) is 0 Å². The second-order valence-corrected chi connectivity index (χ2v) is 5.92. The first-order valence-corrected chi connectivity index (χ1v) is 7.07. The molecule has 2 atom stereocenters. The van der Waals surface area contributed by atoms with Gasteiger partial charge in [0.1, 0.15) is 0 Å². The third kappa shape index (κ3) is 1.72. The summed E-state index contributed by atoms with van der Waals surface area (Å²) in [7, 11) is 0. The molecule has 1 aliphatic heterocycles. The molecule has 1 heterocycles. The molecule has 2 unspecified atom stereocenters. The van der Waals surface area contributed by atoms with Crippen LogP contribution in [-0.2, 0) is 11.8 Å². The summed E-state index contributed by atoms with van der Waals surface area (Å²) in [6, 6.07) is 9.87. The molecule has 17 heavy (non-hydrogen) atoms. The molecule has 1 fully saturated rings. The van der Waals surface area contributed by atoms with Gasteiger partial charge in [0.05, 0.1) is 0 Å². The Morgan fingerprint density at radius 2 is 2.12 bits per heavy atom. The lowest BCUT2D eigenvalue weighted by Gasteiger charge is -2.28. The zero-order chi connectivity index (χ0) is 11.9. The van der Waals surface area contributed by atoms with Crippen LogP contribution in [0.25, 0.3) is 0 Å². The lowest BCUT2D eigenvalue weighted by molar-refractivity contribution is 0.235. The largest absolute Gasteiger partial charge is 0.300 e. The van der Waals surface area contributed by atoms with Gasteiger partial charge < -0.3 is 0 Å². The molecule has 92 valence electrons. The van der Waals surface area contributed by atoms with E-state index in [2.05, 4.69) is 43.0 Å². The zero-order valence-electron chi connectivity index (χ0n) is 11.1. The summed E-state index contributed by atoms with van der Waals surface area (Å²) in [6.45, 7) is 7.26. The van der Waals surface area contributed by atoms with E-state index >= 15 is 0 Å². The number of hydrogen-bond acceptors (Lipinski definition) is 1. The zero-order valence-corrected chi connectivity index (χ0v) is 11.1. The molecule has 0 saturated carbocycles. The first kappa shape index (κ1) is 11.3. The van der Waals surface area contributed by atoms with E-state index in [4.69, 9.17) is 0 Å². The van der Waals surface area contributed by atoms with E-state index < -0.39 is 0 Å². The van der Waals surface area contributed by atoms with Crippen LogP contribution >= 0.6 is 0 Å². The van der Waals surface area contributed by atoms with Gasteiger partial charge in [-0.3, -0.25) is 4.90 Å². The number of fused-ring (bicyclic) bond motifs is 2. The van der Waals surface area contributed by atoms with Crippen LogP contribution in [-0.4, -0.2) is 24.0 Å². The lowest BCUT2D eigenvalue weighted by atomic mass is 9.81. The third-order valence-electron chi connectivity index (χ3n) is 5.06.